The Balaban J connectivity index is 1.98. The van der Waals surface area contributed by atoms with Crippen LogP contribution in [0.4, 0.5) is 17.5 Å². The quantitative estimate of drug-likeness (QED) is 0.710. The third-order valence-corrected chi connectivity index (χ3v) is 3.69. The van der Waals surface area contributed by atoms with Crippen LogP contribution in [0, 0.1) is 0 Å². The highest BCUT2D eigenvalue weighted by atomic mass is 16.5. The van der Waals surface area contributed by atoms with E-state index >= 15 is 0 Å². The van der Waals surface area contributed by atoms with Gasteiger partial charge in [-0.25, -0.2) is 4.98 Å². The number of methoxy groups -OCH3 is 2. The molecule has 0 radical (unpaired) electrons. The lowest BCUT2D eigenvalue weighted by Crippen LogP contribution is -2.03. The molecular formula is C19H20N4O2. The summed E-state index contributed by atoms with van der Waals surface area (Å²) in [5, 5.41) is 6.28. The van der Waals surface area contributed by atoms with Gasteiger partial charge in [-0.15, -0.1) is 0 Å². The number of nitrogens with one attached hydrogen (secondary N) is 2. The van der Waals surface area contributed by atoms with Crippen LogP contribution in [-0.2, 0) is 0 Å². The van der Waals surface area contributed by atoms with E-state index in [1.807, 2.05) is 54.6 Å². The Labute approximate surface area is 146 Å². The van der Waals surface area contributed by atoms with Gasteiger partial charge in [0.05, 0.1) is 25.6 Å². The lowest BCUT2D eigenvalue weighted by atomic mass is 10.1. The fourth-order valence-electron chi connectivity index (χ4n) is 2.42. The highest BCUT2D eigenvalue weighted by Crippen LogP contribution is 2.32. The zero-order valence-electron chi connectivity index (χ0n) is 14.4. The summed E-state index contributed by atoms with van der Waals surface area (Å²) in [5.41, 5.74) is 2.64. The van der Waals surface area contributed by atoms with Crippen molar-refractivity contribution in [2.45, 2.75) is 0 Å². The van der Waals surface area contributed by atoms with Crippen LogP contribution in [-0.4, -0.2) is 31.2 Å². The first-order chi connectivity index (χ1) is 12.2. The number of hydrogen-bond acceptors (Lipinski definition) is 6. The average Bonchev–Trinajstić information content (AvgIpc) is 2.68. The van der Waals surface area contributed by atoms with Crippen LogP contribution in [0.1, 0.15) is 0 Å². The summed E-state index contributed by atoms with van der Waals surface area (Å²) >= 11 is 0. The van der Waals surface area contributed by atoms with Gasteiger partial charge >= 0.3 is 0 Å². The monoisotopic (exact) mass is 336 g/mol. The van der Waals surface area contributed by atoms with Crippen molar-refractivity contribution in [3.63, 3.8) is 0 Å². The molecule has 3 aromatic rings. The van der Waals surface area contributed by atoms with Crippen molar-refractivity contribution in [3.8, 4) is 22.8 Å². The van der Waals surface area contributed by atoms with Gasteiger partial charge in [0.1, 0.15) is 17.3 Å². The fraction of sp³-hybridized carbons (Fsp3) is 0.158. The third-order valence-electron chi connectivity index (χ3n) is 3.69. The minimum Gasteiger partial charge on any atom is -0.497 e. The van der Waals surface area contributed by atoms with E-state index in [9.17, 15) is 0 Å². The first-order valence-electron chi connectivity index (χ1n) is 7.85. The molecule has 0 aliphatic heterocycles. The number of nitrogens with zero attached hydrogens (tertiary/aromatic N) is 2. The normalized spacial score (nSPS) is 10.2. The van der Waals surface area contributed by atoms with Crippen LogP contribution in [0.5, 0.6) is 11.5 Å². The van der Waals surface area contributed by atoms with Crippen molar-refractivity contribution < 1.29 is 9.47 Å². The maximum absolute atomic E-state index is 5.43. The van der Waals surface area contributed by atoms with Gasteiger partial charge in [-0.3, -0.25) is 0 Å². The van der Waals surface area contributed by atoms with Crippen LogP contribution in [0.25, 0.3) is 11.3 Å². The maximum atomic E-state index is 5.43. The Morgan fingerprint density at radius 1 is 0.880 bits per heavy atom. The van der Waals surface area contributed by atoms with Crippen molar-refractivity contribution in [2.75, 3.05) is 31.9 Å². The highest BCUT2D eigenvalue weighted by molar-refractivity contribution is 5.70. The molecule has 0 spiro atoms. The van der Waals surface area contributed by atoms with E-state index in [0.717, 1.165) is 22.7 Å². The van der Waals surface area contributed by atoms with Crippen molar-refractivity contribution >= 4 is 17.5 Å². The van der Waals surface area contributed by atoms with Gasteiger partial charge in [0.15, 0.2) is 0 Å². The standard InChI is InChI=1S/C19H20N4O2/c1-20-19-22-16(13-7-5-4-6-8-13)12-18(23-19)21-15-10-9-14(24-2)11-17(15)25-3/h4-12H,1-3H3,(H2,20,21,22,23). The van der Waals surface area contributed by atoms with E-state index in [4.69, 9.17) is 9.47 Å². The van der Waals surface area contributed by atoms with E-state index in [1.54, 1.807) is 21.3 Å². The van der Waals surface area contributed by atoms with Gasteiger partial charge in [0, 0.05) is 24.7 Å². The molecule has 128 valence electrons. The number of aromatic nitrogens is 2. The van der Waals surface area contributed by atoms with E-state index in [2.05, 4.69) is 20.6 Å². The van der Waals surface area contributed by atoms with E-state index in [0.29, 0.717) is 17.5 Å². The van der Waals surface area contributed by atoms with Gasteiger partial charge in [0.25, 0.3) is 0 Å². The lowest BCUT2D eigenvalue weighted by molar-refractivity contribution is 0.395. The molecular weight excluding hydrogens is 316 g/mol. The first kappa shape index (κ1) is 16.6. The summed E-state index contributed by atoms with van der Waals surface area (Å²) < 4.78 is 10.7. The van der Waals surface area contributed by atoms with Gasteiger partial charge < -0.3 is 20.1 Å². The van der Waals surface area contributed by atoms with Crippen LogP contribution in [0.2, 0.25) is 0 Å². The molecule has 2 N–H and O–H groups in total. The predicted octanol–water partition coefficient (Wildman–Crippen LogP) is 3.95. The third kappa shape index (κ3) is 3.80. The topological polar surface area (TPSA) is 68.3 Å². The summed E-state index contributed by atoms with van der Waals surface area (Å²) in [7, 11) is 5.04. The second-order valence-corrected chi connectivity index (χ2v) is 5.27. The number of anilines is 3. The van der Waals surface area contributed by atoms with Crippen LogP contribution in [0.3, 0.4) is 0 Å². The molecule has 0 fully saturated rings. The second-order valence-electron chi connectivity index (χ2n) is 5.27. The Hall–Kier alpha value is -3.28. The second kappa shape index (κ2) is 7.53. The summed E-state index contributed by atoms with van der Waals surface area (Å²) in [6.45, 7) is 0. The largest absolute Gasteiger partial charge is 0.497 e. The molecule has 1 aromatic heterocycles. The van der Waals surface area contributed by atoms with E-state index in [1.165, 1.54) is 0 Å². The number of ether oxygens (including phenoxy) is 2. The van der Waals surface area contributed by atoms with Crippen molar-refractivity contribution in [1.29, 1.82) is 0 Å². The smallest absolute Gasteiger partial charge is 0.224 e. The molecule has 3 rings (SSSR count). The van der Waals surface area contributed by atoms with Gasteiger partial charge in [-0.1, -0.05) is 30.3 Å². The number of rotatable bonds is 6. The average molecular weight is 336 g/mol. The number of benzene rings is 2. The van der Waals surface area contributed by atoms with E-state index in [-0.39, 0.29) is 0 Å². The molecule has 0 atom stereocenters. The number of hydrogen-bond donors (Lipinski definition) is 2. The van der Waals surface area contributed by atoms with Crippen molar-refractivity contribution in [2.24, 2.45) is 0 Å². The van der Waals surface area contributed by atoms with Crippen molar-refractivity contribution in [1.82, 2.24) is 9.97 Å². The van der Waals surface area contributed by atoms with Gasteiger partial charge in [0.2, 0.25) is 5.95 Å². The Morgan fingerprint density at radius 2 is 1.68 bits per heavy atom. The van der Waals surface area contributed by atoms with Gasteiger partial charge in [-0.2, -0.15) is 4.98 Å². The molecule has 6 heteroatoms. The molecule has 0 saturated carbocycles. The molecule has 0 aliphatic rings. The van der Waals surface area contributed by atoms with Crippen LogP contribution >= 0.6 is 0 Å². The Morgan fingerprint density at radius 3 is 2.36 bits per heavy atom. The molecule has 0 unspecified atom stereocenters. The maximum Gasteiger partial charge on any atom is 0.224 e. The SMILES string of the molecule is CNc1nc(Nc2ccc(OC)cc2OC)cc(-c2ccccc2)n1. The molecule has 2 aromatic carbocycles. The summed E-state index contributed by atoms with van der Waals surface area (Å²) in [4.78, 5) is 8.99. The Kier molecular flexibility index (Phi) is 4.99. The zero-order chi connectivity index (χ0) is 17.6. The fourth-order valence-corrected chi connectivity index (χ4v) is 2.42. The summed E-state index contributed by atoms with van der Waals surface area (Å²) in [6, 6.07) is 17.4. The first-order valence-corrected chi connectivity index (χ1v) is 7.85. The van der Waals surface area contributed by atoms with Crippen LogP contribution in [0.15, 0.2) is 54.6 Å². The molecule has 0 aliphatic carbocycles. The van der Waals surface area contributed by atoms with Crippen molar-refractivity contribution in [3.05, 3.63) is 54.6 Å². The highest BCUT2D eigenvalue weighted by Gasteiger charge is 2.09. The molecule has 1 heterocycles. The van der Waals surface area contributed by atoms with Crippen LogP contribution < -0.4 is 20.1 Å². The summed E-state index contributed by atoms with van der Waals surface area (Å²) in [6.07, 6.45) is 0. The minimum atomic E-state index is 0.538. The molecule has 0 amide bonds. The molecule has 25 heavy (non-hydrogen) atoms. The molecule has 0 saturated heterocycles. The molecule has 0 bridgehead atoms. The Bertz CT molecular complexity index is 853. The predicted molar refractivity (Wildman–Crippen MR) is 99.8 cm³/mol. The lowest BCUT2D eigenvalue weighted by Gasteiger charge is -2.13. The molecule has 6 nitrogen and oxygen atoms in total. The minimum absolute atomic E-state index is 0.538. The zero-order valence-corrected chi connectivity index (χ0v) is 14.4. The van der Waals surface area contributed by atoms with E-state index < -0.39 is 0 Å². The van der Waals surface area contributed by atoms with Gasteiger partial charge in [-0.05, 0) is 12.1 Å². The summed E-state index contributed by atoms with van der Waals surface area (Å²) in [5.74, 6) is 2.61.